The van der Waals surface area contributed by atoms with Gasteiger partial charge in [-0.05, 0) is 38.3 Å². The van der Waals surface area contributed by atoms with Gasteiger partial charge in [-0.15, -0.1) is 0 Å². The van der Waals surface area contributed by atoms with Crippen molar-refractivity contribution in [2.45, 2.75) is 52.0 Å². The Morgan fingerprint density at radius 2 is 1.70 bits per heavy atom. The third-order valence-corrected chi connectivity index (χ3v) is 5.84. The quantitative estimate of drug-likeness (QED) is 0.726. The van der Waals surface area contributed by atoms with Crippen molar-refractivity contribution >= 4 is 17.7 Å². The van der Waals surface area contributed by atoms with Crippen LogP contribution in [0.2, 0.25) is 0 Å². The van der Waals surface area contributed by atoms with Gasteiger partial charge < -0.3 is 14.7 Å². The average Bonchev–Trinajstić information content (AvgIpc) is 3.00. The number of hydrogen-bond acceptors (Lipinski definition) is 4. The van der Waals surface area contributed by atoms with Gasteiger partial charge in [-0.1, -0.05) is 26.7 Å². The third-order valence-electron chi connectivity index (χ3n) is 5.84. The first-order valence-electron chi connectivity index (χ1n) is 10.5. The van der Waals surface area contributed by atoms with E-state index < -0.39 is 6.04 Å². The largest absolute Gasteiger partial charge is 0.339 e. The topological polar surface area (TPSA) is 64.2 Å². The van der Waals surface area contributed by atoms with E-state index in [1.54, 1.807) is 9.80 Å². The molecule has 0 spiro atoms. The molecular formula is C20H34N4O3. The van der Waals surface area contributed by atoms with Crippen LogP contribution in [0.3, 0.4) is 0 Å². The van der Waals surface area contributed by atoms with Crippen LogP contribution < -0.4 is 0 Å². The van der Waals surface area contributed by atoms with Crippen molar-refractivity contribution in [2.75, 3.05) is 52.4 Å². The SMILES string of the molecule is CC(C)CN1CC(=O)N2CCCN(C(=O)CN3CCCCCC3)CC2C1=O. The number of piperazine rings is 1. The van der Waals surface area contributed by atoms with Crippen molar-refractivity contribution in [2.24, 2.45) is 5.92 Å². The molecule has 3 rings (SSSR count). The number of rotatable bonds is 4. The van der Waals surface area contributed by atoms with Crippen molar-refractivity contribution in [3.63, 3.8) is 0 Å². The predicted molar refractivity (Wildman–Crippen MR) is 103 cm³/mol. The number of amides is 3. The van der Waals surface area contributed by atoms with Crippen molar-refractivity contribution < 1.29 is 14.4 Å². The highest BCUT2D eigenvalue weighted by Gasteiger charge is 2.42. The smallest absolute Gasteiger partial charge is 0.247 e. The Labute approximate surface area is 162 Å². The van der Waals surface area contributed by atoms with Gasteiger partial charge in [0.2, 0.25) is 17.7 Å². The van der Waals surface area contributed by atoms with Crippen molar-refractivity contribution in [1.82, 2.24) is 19.6 Å². The van der Waals surface area contributed by atoms with Crippen molar-refractivity contribution in [1.29, 1.82) is 0 Å². The molecule has 7 nitrogen and oxygen atoms in total. The van der Waals surface area contributed by atoms with E-state index in [0.717, 1.165) is 32.4 Å². The van der Waals surface area contributed by atoms with Crippen LogP contribution >= 0.6 is 0 Å². The van der Waals surface area contributed by atoms with Crippen LogP contribution in [0, 0.1) is 5.92 Å². The lowest BCUT2D eigenvalue weighted by atomic mass is 10.1. The van der Waals surface area contributed by atoms with Crippen LogP contribution in [0.4, 0.5) is 0 Å². The summed E-state index contributed by atoms with van der Waals surface area (Å²) in [6.45, 7) is 8.80. The molecule has 3 fully saturated rings. The van der Waals surface area contributed by atoms with E-state index in [4.69, 9.17) is 0 Å². The molecule has 7 heteroatoms. The van der Waals surface area contributed by atoms with Gasteiger partial charge in [0.1, 0.15) is 6.04 Å². The second-order valence-corrected chi connectivity index (χ2v) is 8.60. The second-order valence-electron chi connectivity index (χ2n) is 8.60. The summed E-state index contributed by atoms with van der Waals surface area (Å²) >= 11 is 0. The summed E-state index contributed by atoms with van der Waals surface area (Å²) in [5.74, 6) is 0.430. The summed E-state index contributed by atoms with van der Waals surface area (Å²) in [5.41, 5.74) is 0. The first kappa shape index (κ1) is 20.1. The fraction of sp³-hybridized carbons (Fsp3) is 0.850. The van der Waals surface area contributed by atoms with Gasteiger partial charge in [0, 0.05) is 19.6 Å². The lowest BCUT2D eigenvalue weighted by Gasteiger charge is -2.40. The highest BCUT2D eigenvalue weighted by molar-refractivity contribution is 5.95. The maximum Gasteiger partial charge on any atom is 0.247 e. The molecule has 152 valence electrons. The summed E-state index contributed by atoms with van der Waals surface area (Å²) in [7, 11) is 0. The second kappa shape index (κ2) is 9.04. The predicted octanol–water partition coefficient (Wildman–Crippen LogP) is 0.790. The Bertz CT molecular complexity index is 557. The van der Waals surface area contributed by atoms with Crippen LogP contribution in [-0.4, -0.2) is 95.7 Å². The Morgan fingerprint density at radius 1 is 1.00 bits per heavy atom. The zero-order chi connectivity index (χ0) is 19.4. The van der Waals surface area contributed by atoms with E-state index >= 15 is 0 Å². The monoisotopic (exact) mass is 378 g/mol. The van der Waals surface area contributed by atoms with Crippen LogP contribution in [0.1, 0.15) is 46.0 Å². The molecule has 1 unspecified atom stereocenters. The minimum absolute atomic E-state index is 0.00206. The Balaban J connectivity index is 1.66. The molecule has 1 atom stereocenters. The van der Waals surface area contributed by atoms with Gasteiger partial charge in [0.15, 0.2) is 0 Å². The average molecular weight is 379 g/mol. The molecule has 3 aliphatic heterocycles. The zero-order valence-electron chi connectivity index (χ0n) is 16.9. The van der Waals surface area contributed by atoms with E-state index in [1.165, 1.54) is 12.8 Å². The molecule has 0 bridgehead atoms. The number of nitrogens with zero attached hydrogens (tertiary/aromatic N) is 4. The van der Waals surface area contributed by atoms with Gasteiger partial charge in [-0.25, -0.2) is 0 Å². The minimum atomic E-state index is -0.513. The fourth-order valence-electron chi connectivity index (χ4n) is 4.45. The molecule has 3 saturated heterocycles. The summed E-state index contributed by atoms with van der Waals surface area (Å²) < 4.78 is 0. The first-order valence-corrected chi connectivity index (χ1v) is 10.5. The van der Waals surface area contributed by atoms with Gasteiger partial charge in [0.25, 0.3) is 0 Å². The summed E-state index contributed by atoms with van der Waals surface area (Å²) in [6.07, 6.45) is 5.54. The Hall–Kier alpha value is -1.63. The normalized spacial score (nSPS) is 25.4. The lowest BCUT2D eigenvalue weighted by molar-refractivity contribution is -0.156. The van der Waals surface area contributed by atoms with E-state index in [0.29, 0.717) is 38.6 Å². The number of fused-ring (bicyclic) bond motifs is 1. The highest BCUT2D eigenvalue weighted by Crippen LogP contribution is 2.19. The van der Waals surface area contributed by atoms with Gasteiger partial charge >= 0.3 is 0 Å². The Morgan fingerprint density at radius 3 is 2.37 bits per heavy atom. The van der Waals surface area contributed by atoms with E-state index in [1.807, 2.05) is 18.7 Å². The summed E-state index contributed by atoms with van der Waals surface area (Å²) in [5, 5.41) is 0. The molecule has 0 aromatic rings. The van der Waals surface area contributed by atoms with E-state index in [-0.39, 0.29) is 24.3 Å². The van der Waals surface area contributed by atoms with Crippen molar-refractivity contribution in [3.8, 4) is 0 Å². The molecule has 3 aliphatic rings. The summed E-state index contributed by atoms with van der Waals surface area (Å²) in [6, 6.07) is -0.513. The van der Waals surface area contributed by atoms with Crippen LogP contribution in [0.5, 0.6) is 0 Å². The summed E-state index contributed by atoms with van der Waals surface area (Å²) in [4.78, 5) is 45.9. The maximum atomic E-state index is 13.0. The van der Waals surface area contributed by atoms with Gasteiger partial charge in [0.05, 0.1) is 19.6 Å². The molecule has 3 heterocycles. The molecule has 3 amide bonds. The number of hydrogen-bond donors (Lipinski definition) is 0. The first-order chi connectivity index (χ1) is 13.0. The minimum Gasteiger partial charge on any atom is -0.339 e. The number of likely N-dealkylation sites (tertiary alicyclic amines) is 1. The lowest BCUT2D eigenvalue weighted by Crippen LogP contribution is -2.62. The van der Waals surface area contributed by atoms with Gasteiger partial charge in [-0.2, -0.15) is 0 Å². The molecular weight excluding hydrogens is 344 g/mol. The Kier molecular flexibility index (Phi) is 6.73. The van der Waals surface area contributed by atoms with Crippen molar-refractivity contribution in [3.05, 3.63) is 0 Å². The fourth-order valence-corrected chi connectivity index (χ4v) is 4.45. The molecule has 0 saturated carbocycles. The van der Waals surface area contributed by atoms with Crippen LogP contribution in [-0.2, 0) is 14.4 Å². The standard InChI is InChI=1S/C20H34N4O3/c1-16(2)12-23-15-19(26)24-11-7-10-22(13-17(24)20(23)27)18(25)14-21-8-5-3-4-6-9-21/h16-17H,3-15H2,1-2H3. The zero-order valence-corrected chi connectivity index (χ0v) is 16.9. The van der Waals surface area contributed by atoms with E-state index in [9.17, 15) is 14.4 Å². The maximum absolute atomic E-state index is 13.0. The van der Waals surface area contributed by atoms with Gasteiger partial charge in [-0.3, -0.25) is 19.3 Å². The molecule has 0 aromatic heterocycles. The number of carbonyl (C=O) groups is 3. The van der Waals surface area contributed by atoms with E-state index in [2.05, 4.69) is 4.90 Å². The molecule has 0 aromatic carbocycles. The van der Waals surface area contributed by atoms with Crippen LogP contribution in [0.25, 0.3) is 0 Å². The molecule has 0 aliphatic carbocycles. The molecule has 27 heavy (non-hydrogen) atoms. The molecule has 0 radical (unpaired) electrons. The van der Waals surface area contributed by atoms with Crippen LogP contribution in [0.15, 0.2) is 0 Å². The number of carbonyl (C=O) groups excluding carboxylic acids is 3. The highest BCUT2D eigenvalue weighted by atomic mass is 16.2. The molecule has 0 N–H and O–H groups in total. The third kappa shape index (κ3) is 5.00.